The number of hydrogen-bond acceptors (Lipinski definition) is 2. The van der Waals surface area contributed by atoms with Crippen LogP contribution in [-0.4, -0.2) is 4.57 Å². The minimum absolute atomic E-state index is 0.721. The van der Waals surface area contributed by atoms with Crippen molar-refractivity contribution in [1.29, 1.82) is 0 Å². The van der Waals surface area contributed by atoms with Crippen molar-refractivity contribution < 1.29 is 9.47 Å². The van der Waals surface area contributed by atoms with Crippen LogP contribution in [0.1, 0.15) is 0 Å². The van der Waals surface area contributed by atoms with Gasteiger partial charge in [0.05, 0.1) is 5.52 Å². The third-order valence-corrected chi connectivity index (χ3v) is 8.23. The highest BCUT2D eigenvalue weighted by Crippen LogP contribution is 2.52. The van der Waals surface area contributed by atoms with Gasteiger partial charge in [-0.15, -0.1) is 0 Å². The smallest absolute Gasteiger partial charge is 0.194 e. The van der Waals surface area contributed by atoms with Crippen LogP contribution in [0.4, 0.5) is 0 Å². The maximum absolute atomic E-state index is 6.68. The molecule has 0 N–H and O–H groups in total. The third-order valence-electron chi connectivity index (χ3n) is 8.23. The van der Waals surface area contributed by atoms with E-state index in [4.69, 9.17) is 9.47 Å². The molecule has 1 aromatic heterocycles. The molecular formula is C38H23NO2. The molecule has 0 fully saturated rings. The summed E-state index contributed by atoms with van der Waals surface area (Å²) in [7, 11) is 0. The van der Waals surface area contributed by atoms with Crippen LogP contribution in [0.15, 0.2) is 140 Å². The zero-order valence-corrected chi connectivity index (χ0v) is 22.0. The van der Waals surface area contributed by atoms with E-state index in [2.05, 4.69) is 120 Å². The van der Waals surface area contributed by atoms with Gasteiger partial charge in [0.2, 0.25) is 0 Å². The van der Waals surface area contributed by atoms with E-state index in [-0.39, 0.29) is 0 Å². The number of aromatic nitrogens is 1. The van der Waals surface area contributed by atoms with Gasteiger partial charge in [0.25, 0.3) is 0 Å². The Morgan fingerprint density at radius 1 is 0.415 bits per heavy atom. The molecule has 0 unspecified atom stereocenters. The van der Waals surface area contributed by atoms with Gasteiger partial charge in [0, 0.05) is 21.8 Å². The normalized spacial score (nSPS) is 12.3. The minimum atomic E-state index is 0.721. The van der Waals surface area contributed by atoms with E-state index in [0.717, 1.165) is 55.9 Å². The summed E-state index contributed by atoms with van der Waals surface area (Å²) in [6.07, 6.45) is 0. The lowest BCUT2D eigenvalue weighted by Gasteiger charge is -2.23. The molecule has 0 bridgehead atoms. The largest absolute Gasteiger partial charge is 0.449 e. The van der Waals surface area contributed by atoms with Gasteiger partial charge in [-0.25, -0.2) is 0 Å². The Morgan fingerprint density at radius 3 is 1.93 bits per heavy atom. The van der Waals surface area contributed by atoms with E-state index in [1.807, 2.05) is 24.3 Å². The molecule has 3 nitrogen and oxygen atoms in total. The minimum Gasteiger partial charge on any atom is -0.449 e. The van der Waals surface area contributed by atoms with E-state index in [9.17, 15) is 0 Å². The Kier molecular flexibility index (Phi) is 4.61. The molecular weight excluding hydrogens is 502 g/mol. The average molecular weight is 526 g/mol. The lowest BCUT2D eigenvalue weighted by atomic mass is 10.0. The van der Waals surface area contributed by atoms with Crippen LogP contribution in [0.5, 0.6) is 23.0 Å². The number of ether oxygens (including phenoxy) is 2. The second kappa shape index (κ2) is 8.48. The topological polar surface area (TPSA) is 23.4 Å². The first-order valence-corrected chi connectivity index (χ1v) is 13.9. The number of benzene rings is 7. The highest BCUT2D eigenvalue weighted by molar-refractivity contribution is 6.12. The van der Waals surface area contributed by atoms with Gasteiger partial charge in [-0.1, -0.05) is 97.1 Å². The maximum atomic E-state index is 6.68. The van der Waals surface area contributed by atoms with Crippen molar-refractivity contribution in [3.8, 4) is 39.8 Å². The second-order valence-corrected chi connectivity index (χ2v) is 10.6. The number of para-hydroxylation sites is 1. The summed E-state index contributed by atoms with van der Waals surface area (Å²) in [5.41, 5.74) is 5.59. The fourth-order valence-corrected chi connectivity index (χ4v) is 6.26. The Balaban J connectivity index is 1.22. The molecule has 0 saturated heterocycles. The lowest BCUT2D eigenvalue weighted by molar-refractivity contribution is 0.366. The van der Waals surface area contributed by atoms with Gasteiger partial charge in [-0.2, -0.15) is 0 Å². The molecule has 41 heavy (non-hydrogen) atoms. The Labute approximate surface area is 236 Å². The summed E-state index contributed by atoms with van der Waals surface area (Å²) >= 11 is 0. The SMILES string of the molecule is c1ccc2cc(-c3ccc(-n4c5ccccc5c5ccc6c(c54)Oc4ccc5ccccc5c4O6)cc3)ccc2c1. The summed E-state index contributed by atoms with van der Waals surface area (Å²) in [5.74, 6) is 2.95. The van der Waals surface area contributed by atoms with Gasteiger partial charge in [-0.05, 0) is 69.8 Å². The zero-order chi connectivity index (χ0) is 26.9. The quantitative estimate of drug-likeness (QED) is 0.224. The number of fused-ring (bicyclic) bond motifs is 9. The van der Waals surface area contributed by atoms with Gasteiger partial charge < -0.3 is 14.0 Å². The molecule has 0 saturated carbocycles. The van der Waals surface area contributed by atoms with Crippen LogP contribution in [0.25, 0.3) is 60.2 Å². The number of hydrogen-bond donors (Lipinski definition) is 0. The first kappa shape index (κ1) is 22.3. The molecule has 0 atom stereocenters. The van der Waals surface area contributed by atoms with Crippen molar-refractivity contribution in [3.05, 3.63) is 140 Å². The molecule has 1 aliphatic heterocycles. The Hall–Kier alpha value is -5.54. The molecule has 0 radical (unpaired) electrons. The van der Waals surface area contributed by atoms with Crippen LogP contribution < -0.4 is 9.47 Å². The van der Waals surface area contributed by atoms with Gasteiger partial charge in [0.15, 0.2) is 23.0 Å². The third kappa shape index (κ3) is 3.33. The second-order valence-electron chi connectivity index (χ2n) is 10.6. The predicted molar refractivity (Wildman–Crippen MR) is 168 cm³/mol. The van der Waals surface area contributed by atoms with Crippen molar-refractivity contribution in [2.75, 3.05) is 0 Å². The standard InChI is InChI=1S/C38H23NO2/c1-2-9-27-23-28(14-13-24(27)7-1)25-15-18-29(19-16-25)39-33-12-6-5-11-31(33)32-20-22-35-38(36(32)39)41-34-21-17-26-8-3-4-10-30(26)37(34)40-35/h1-23H. The zero-order valence-electron chi connectivity index (χ0n) is 22.0. The summed E-state index contributed by atoms with van der Waals surface area (Å²) < 4.78 is 15.5. The van der Waals surface area contributed by atoms with Crippen molar-refractivity contribution in [3.63, 3.8) is 0 Å². The predicted octanol–water partition coefficient (Wildman–Crippen LogP) is 10.7. The van der Waals surface area contributed by atoms with Crippen LogP contribution in [0.3, 0.4) is 0 Å². The van der Waals surface area contributed by atoms with Crippen LogP contribution in [-0.2, 0) is 0 Å². The van der Waals surface area contributed by atoms with Gasteiger partial charge in [-0.3, -0.25) is 0 Å². The fraction of sp³-hybridized carbons (Fsp3) is 0. The lowest BCUT2D eigenvalue weighted by Crippen LogP contribution is -2.02. The first-order chi connectivity index (χ1) is 20.3. The van der Waals surface area contributed by atoms with Gasteiger partial charge in [0.1, 0.15) is 5.52 Å². The van der Waals surface area contributed by atoms with Gasteiger partial charge >= 0.3 is 0 Å². The van der Waals surface area contributed by atoms with Crippen LogP contribution in [0.2, 0.25) is 0 Å². The Bertz CT molecular complexity index is 2310. The fourth-order valence-electron chi connectivity index (χ4n) is 6.26. The van der Waals surface area contributed by atoms with E-state index in [0.29, 0.717) is 0 Å². The molecule has 7 aromatic carbocycles. The van der Waals surface area contributed by atoms with Crippen LogP contribution >= 0.6 is 0 Å². The van der Waals surface area contributed by atoms with E-state index in [1.165, 1.54) is 27.3 Å². The molecule has 3 heteroatoms. The molecule has 1 aliphatic rings. The van der Waals surface area contributed by atoms with E-state index >= 15 is 0 Å². The van der Waals surface area contributed by atoms with E-state index in [1.54, 1.807) is 0 Å². The monoisotopic (exact) mass is 525 g/mol. The highest BCUT2D eigenvalue weighted by atomic mass is 16.6. The summed E-state index contributed by atoms with van der Waals surface area (Å²) in [6.45, 7) is 0. The van der Waals surface area contributed by atoms with Crippen LogP contribution in [0, 0.1) is 0 Å². The summed E-state index contributed by atoms with van der Waals surface area (Å²) in [6, 6.07) is 49.0. The molecule has 0 spiro atoms. The van der Waals surface area contributed by atoms with E-state index < -0.39 is 0 Å². The van der Waals surface area contributed by atoms with Crippen molar-refractivity contribution in [2.45, 2.75) is 0 Å². The number of nitrogens with zero attached hydrogens (tertiary/aromatic N) is 1. The summed E-state index contributed by atoms with van der Waals surface area (Å²) in [5, 5.41) is 6.97. The van der Waals surface area contributed by atoms with Crippen molar-refractivity contribution >= 4 is 43.4 Å². The molecule has 0 aliphatic carbocycles. The summed E-state index contributed by atoms with van der Waals surface area (Å²) in [4.78, 5) is 0. The maximum Gasteiger partial charge on any atom is 0.194 e. The van der Waals surface area contributed by atoms with Crippen molar-refractivity contribution in [2.24, 2.45) is 0 Å². The van der Waals surface area contributed by atoms with Crippen molar-refractivity contribution in [1.82, 2.24) is 4.57 Å². The molecule has 8 aromatic rings. The Morgan fingerprint density at radius 2 is 1.05 bits per heavy atom. The molecule has 192 valence electrons. The molecule has 9 rings (SSSR count). The molecule has 2 heterocycles. The first-order valence-electron chi connectivity index (χ1n) is 13.9. The average Bonchev–Trinajstić information content (AvgIpc) is 3.38. The molecule has 0 amide bonds. The number of rotatable bonds is 2. The highest BCUT2D eigenvalue weighted by Gasteiger charge is 2.26.